The van der Waals surface area contributed by atoms with E-state index in [1.807, 2.05) is 48.5 Å². The van der Waals surface area contributed by atoms with Crippen molar-refractivity contribution in [3.05, 3.63) is 77.6 Å². The number of carbonyl (C=O) groups is 3. The minimum atomic E-state index is -1.15. The molecule has 2 aromatic carbocycles. The molecule has 1 unspecified atom stereocenters. The molecule has 3 aromatic rings. The quantitative estimate of drug-likeness (QED) is 0.558. The fourth-order valence-corrected chi connectivity index (χ4v) is 4.19. The van der Waals surface area contributed by atoms with Gasteiger partial charge in [-0.05, 0) is 29.2 Å². The number of nitrogens with zero attached hydrogens (tertiary/aromatic N) is 3. The highest BCUT2D eigenvalue weighted by atomic mass is 16.5. The normalized spacial score (nSPS) is 14.0. The molecule has 0 aliphatic heterocycles. The summed E-state index contributed by atoms with van der Waals surface area (Å²) >= 11 is 0. The zero-order chi connectivity index (χ0) is 24.4. The van der Waals surface area contributed by atoms with E-state index < -0.39 is 30.1 Å². The second kappa shape index (κ2) is 9.38. The molecule has 2 amide bonds. The Balaban J connectivity index is 1.51. The van der Waals surface area contributed by atoms with Crippen LogP contribution in [0, 0.1) is 0 Å². The number of carboxylic acids is 1. The highest BCUT2D eigenvalue weighted by molar-refractivity contribution is 5.90. The molecule has 34 heavy (non-hydrogen) atoms. The van der Waals surface area contributed by atoms with Gasteiger partial charge in [-0.2, -0.15) is 5.10 Å². The highest BCUT2D eigenvalue weighted by Gasteiger charge is 2.33. The van der Waals surface area contributed by atoms with E-state index in [-0.39, 0.29) is 12.5 Å². The van der Waals surface area contributed by atoms with Crippen molar-refractivity contribution < 1.29 is 24.2 Å². The van der Waals surface area contributed by atoms with Gasteiger partial charge in [0.05, 0.1) is 6.20 Å². The number of aryl methyl sites for hydroxylation is 1. The zero-order valence-corrected chi connectivity index (χ0v) is 19.1. The largest absolute Gasteiger partial charge is 0.480 e. The number of hydrogen-bond acceptors (Lipinski definition) is 5. The van der Waals surface area contributed by atoms with Gasteiger partial charge in [0.15, 0.2) is 0 Å². The summed E-state index contributed by atoms with van der Waals surface area (Å²) < 4.78 is 7.07. The summed E-state index contributed by atoms with van der Waals surface area (Å²) in [4.78, 5) is 38.3. The first-order chi connectivity index (χ1) is 16.3. The minimum Gasteiger partial charge on any atom is -0.480 e. The summed E-state index contributed by atoms with van der Waals surface area (Å²) in [6.45, 7) is 1.49. The Morgan fingerprint density at radius 1 is 1.12 bits per heavy atom. The Labute approximate surface area is 196 Å². The van der Waals surface area contributed by atoms with Crippen LogP contribution in [0.3, 0.4) is 0 Å². The Morgan fingerprint density at radius 2 is 1.71 bits per heavy atom. The van der Waals surface area contributed by atoms with Crippen molar-refractivity contribution in [1.29, 1.82) is 0 Å². The molecular weight excluding hydrogens is 436 g/mol. The number of ether oxygens (including phenoxy) is 1. The summed E-state index contributed by atoms with van der Waals surface area (Å²) in [7, 11) is 3.06. The lowest BCUT2D eigenvalue weighted by Gasteiger charge is -2.26. The zero-order valence-electron chi connectivity index (χ0n) is 19.1. The number of aliphatic carboxylic acids is 1. The van der Waals surface area contributed by atoms with E-state index in [0.717, 1.165) is 27.2 Å². The third kappa shape index (κ3) is 4.36. The maximum absolute atomic E-state index is 13.1. The van der Waals surface area contributed by atoms with Crippen LogP contribution in [0.15, 0.2) is 60.9 Å². The average molecular weight is 463 g/mol. The van der Waals surface area contributed by atoms with Crippen molar-refractivity contribution in [3.8, 4) is 11.1 Å². The molecule has 9 nitrogen and oxygen atoms in total. The van der Waals surface area contributed by atoms with E-state index in [0.29, 0.717) is 5.56 Å². The summed E-state index contributed by atoms with van der Waals surface area (Å²) in [6, 6.07) is 13.8. The predicted molar refractivity (Wildman–Crippen MR) is 124 cm³/mol. The Kier molecular flexibility index (Phi) is 6.36. The van der Waals surface area contributed by atoms with Crippen LogP contribution < -0.4 is 5.32 Å². The Morgan fingerprint density at radius 3 is 2.24 bits per heavy atom. The monoisotopic (exact) mass is 462 g/mol. The number of likely N-dealkylation sites (N-methyl/N-ethyl adjacent to an activating group) is 1. The van der Waals surface area contributed by atoms with Crippen LogP contribution in [0.4, 0.5) is 4.79 Å². The van der Waals surface area contributed by atoms with E-state index in [1.165, 1.54) is 24.9 Å². The molecule has 2 atom stereocenters. The second-order valence-electron chi connectivity index (χ2n) is 8.31. The third-order valence-electron chi connectivity index (χ3n) is 6.20. The van der Waals surface area contributed by atoms with Crippen molar-refractivity contribution in [1.82, 2.24) is 20.0 Å². The van der Waals surface area contributed by atoms with E-state index in [2.05, 4.69) is 10.4 Å². The molecule has 4 rings (SSSR count). The Hall–Kier alpha value is -4.14. The van der Waals surface area contributed by atoms with Crippen molar-refractivity contribution >= 4 is 18.0 Å². The van der Waals surface area contributed by atoms with E-state index >= 15 is 0 Å². The van der Waals surface area contributed by atoms with Gasteiger partial charge >= 0.3 is 12.1 Å². The molecule has 0 spiro atoms. The molecule has 176 valence electrons. The number of fused-ring (bicyclic) bond motifs is 3. The van der Waals surface area contributed by atoms with Crippen LogP contribution in [0.1, 0.15) is 35.6 Å². The van der Waals surface area contributed by atoms with Gasteiger partial charge in [0.2, 0.25) is 0 Å². The molecule has 2 N–H and O–H groups in total. The fraction of sp³-hybridized carbons (Fsp3) is 0.280. The van der Waals surface area contributed by atoms with Gasteiger partial charge in [-0.3, -0.25) is 9.48 Å². The summed E-state index contributed by atoms with van der Waals surface area (Å²) in [5, 5.41) is 15.9. The maximum atomic E-state index is 13.1. The third-order valence-corrected chi connectivity index (χ3v) is 6.20. The standard InChI is InChI=1S/C25H26N4O5/c1-15(24(31)32)29(3)23(30)22(16-12-26-28(2)13-16)27-25(33)34-14-21-19-10-6-4-8-17(19)18-9-5-7-11-20(18)21/h4-13,15,21-22H,14H2,1-3H3,(H,27,33)(H,31,32)/t15-,22?/m0/s1. The number of hydrogen-bond donors (Lipinski definition) is 2. The number of nitrogens with one attached hydrogen (secondary N) is 1. The van der Waals surface area contributed by atoms with Crippen LogP contribution >= 0.6 is 0 Å². The number of rotatable bonds is 7. The van der Waals surface area contributed by atoms with Gasteiger partial charge in [0.1, 0.15) is 18.7 Å². The second-order valence-corrected chi connectivity index (χ2v) is 8.31. The van der Waals surface area contributed by atoms with Crippen molar-refractivity contribution in [2.24, 2.45) is 7.05 Å². The smallest absolute Gasteiger partial charge is 0.408 e. The first kappa shape index (κ1) is 23.0. The molecule has 0 saturated heterocycles. The van der Waals surface area contributed by atoms with Crippen LogP contribution in [0.2, 0.25) is 0 Å². The molecule has 0 bridgehead atoms. The number of alkyl carbamates (subject to hydrolysis) is 1. The van der Waals surface area contributed by atoms with E-state index in [4.69, 9.17) is 4.74 Å². The summed E-state index contributed by atoms with van der Waals surface area (Å²) in [5.74, 6) is -1.86. The minimum absolute atomic E-state index is 0.0924. The topological polar surface area (TPSA) is 114 Å². The number of carbonyl (C=O) groups excluding carboxylic acids is 2. The van der Waals surface area contributed by atoms with Crippen molar-refractivity contribution in [2.75, 3.05) is 13.7 Å². The van der Waals surface area contributed by atoms with Crippen LogP contribution in [-0.4, -0.2) is 57.5 Å². The van der Waals surface area contributed by atoms with Gasteiger partial charge in [-0.25, -0.2) is 9.59 Å². The number of benzene rings is 2. The molecule has 0 fully saturated rings. The first-order valence-corrected chi connectivity index (χ1v) is 10.9. The first-order valence-electron chi connectivity index (χ1n) is 10.9. The molecule has 1 aliphatic rings. The van der Waals surface area contributed by atoms with E-state index in [1.54, 1.807) is 13.2 Å². The van der Waals surface area contributed by atoms with Crippen molar-refractivity contribution in [2.45, 2.75) is 24.9 Å². The number of amides is 2. The fourth-order valence-electron chi connectivity index (χ4n) is 4.19. The predicted octanol–water partition coefficient (Wildman–Crippen LogP) is 2.93. The SMILES string of the molecule is C[C@@H](C(=O)O)N(C)C(=O)C(NC(=O)OCC1c2ccccc2-c2ccccc21)c1cnn(C)c1. The van der Waals surface area contributed by atoms with Gasteiger partial charge in [0, 0.05) is 31.8 Å². The van der Waals surface area contributed by atoms with Gasteiger partial charge in [0.25, 0.3) is 5.91 Å². The highest BCUT2D eigenvalue weighted by Crippen LogP contribution is 2.44. The summed E-state index contributed by atoms with van der Waals surface area (Å²) in [5.41, 5.74) is 4.79. The summed E-state index contributed by atoms with van der Waals surface area (Å²) in [6.07, 6.45) is 2.26. The molecule has 0 radical (unpaired) electrons. The number of aromatic nitrogens is 2. The molecule has 0 saturated carbocycles. The number of carboxylic acid groups (broad SMARTS) is 1. The maximum Gasteiger partial charge on any atom is 0.408 e. The van der Waals surface area contributed by atoms with Crippen molar-refractivity contribution in [3.63, 3.8) is 0 Å². The van der Waals surface area contributed by atoms with E-state index in [9.17, 15) is 19.5 Å². The van der Waals surface area contributed by atoms with Crippen LogP contribution in [-0.2, 0) is 21.4 Å². The van der Waals surface area contributed by atoms with Gasteiger partial charge < -0.3 is 20.1 Å². The van der Waals surface area contributed by atoms with Gasteiger partial charge in [-0.1, -0.05) is 48.5 Å². The lowest BCUT2D eigenvalue weighted by atomic mass is 9.98. The molecule has 9 heteroatoms. The average Bonchev–Trinajstić information content (AvgIpc) is 3.41. The lowest BCUT2D eigenvalue weighted by molar-refractivity contribution is -0.149. The van der Waals surface area contributed by atoms with Crippen LogP contribution in [0.25, 0.3) is 11.1 Å². The van der Waals surface area contributed by atoms with Crippen LogP contribution in [0.5, 0.6) is 0 Å². The molecular formula is C25H26N4O5. The Bertz CT molecular complexity index is 1190. The van der Waals surface area contributed by atoms with Gasteiger partial charge in [-0.15, -0.1) is 0 Å². The lowest BCUT2D eigenvalue weighted by Crippen LogP contribution is -2.47. The molecule has 1 aliphatic carbocycles. The molecule has 1 heterocycles. The molecule has 1 aromatic heterocycles.